The largest absolute Gasteiger partial charge is 0.481 e. The molecular formula is C54H76N12O17. The summed E-state index contributed by atoms with van der Waals surface area (Å²) in [5, 5.41) is 58.1. The second-order valence-corrected chi connectivity index (χ2v) is 20.7. The van der Waals surface area contributed by atoms with Gasteiger partial charge in [0, 0.05) is 25.9 Å². The van der Waals surface area contributed by atoms with Crippen LogP contribution in [0.4, 0.5) is 0 Å². The van der Waals surface area contributed by atoms with Crippen molar-refractivity contribution in [2.24, 2.45) is 17.4 Å². The van der Waals surface area contributed by atoms with Gasteiger partial charge in [0.25, 0.3) is 0 Å². The van der Waals surface area contributed by atoms with Crippen molar-refractivity contribution in [3.8, 4) is 0 Å². The van der Waals surface area contributed by atoms with Crippen LogP contribution in [0.15, 0.2) is 60.7 Å². The third-order valence-electron chi connectivity index (χ3n) is 13.8. The lowest BCUT2D eigenvalue weighted by atomic mass is 10.0. The van der Waals surface area contributed by atoms with Gasteiger partial charge in [-0.05, 0) is 69.4 Å². The zero-order valence-electron chi connectivity index (χ0n) is 46.5. The summed E-state index contributed by atoms with van der Waals surface area (Å²) in [6.45, 7) is 3.80. The average Bonchev–Trinajstić information content (AvgIpc) is 4.26. The van der Waals surface area contributed by atoms with Crippen molar-refractivity contribution < 1.29 is 82.8 Å². The molecule has 0 saturated carbocycles. The Morgan fingerprint density at radius 2 is 1.14 bits per heavy atom. The lowest BCUT2D eigenvalue weighted by Gasteiger charge is -2.33. The topological polar surface area (TPSA) is 458 Å². The second-order valence-electron chi connectivity index (χ2n) is 20.7. The molecule has 0 aromatic heterocycles. The number of rotatable bonds is 31. The van der Waals surface area contributed by atoms with Crippen LogP contribution in [0.5, 0.6) is 0 Å². The summed E-state index contributed by atoms with van der Waals surface area (Å²) in [4.78, 5) is 173. The first-order valence-electron chi connectivity index (χ1n) is 27.1. The molecule has 2 heterocycles. The third-order valence-corrected chi connectivity index (χ3v) is 13.8. The van der Waals surface area contributed by atoms with Gasteiger partial charge in [-0.1, -0.05) is 74.5 Å². The lowest BCUT2D eigenvalue weighted by molar-refractivity contribution is -0.147. The molecule has 2 aliphatic rings. The molecule has 0 radical (unpaired) electrons. The zero-order chi connectivity index (χ0) is 61.7. The number of carbonyl (C=O) groups excluding carboxylic acids is 11. The highest BCUT2D eigenvalue weighted by Crippen LogP contribution is 2.26. The zero-order valence-corrected chi connectivity index (χ0v) is 46.5. The minimum Gasteiger partial charge on any atom is -0.481 e. The predicted molar refractivity (Wildman–Crippen MR) is 292 cm³/mol. The first-order chi connectivity index (χ1) is 39.2. The molecule has 0 spiro atoms. The first kappa shape index (κ1) is 66.9. The number of nitrogens with two attached hydrogens (primary N) is 2. The van der Waals surface area contributed by atoms with Crippen molar-refractivity contribution in [3.63, 3.8) is 0 Å². The van der Waals surface area contributed by atoms with Gasteiger partial charge in [0.05, 0.1) is 31.7 Å². The Morgan fingerprint density at radius 1 is 0.602 bits per heavy atom. The van der Waals surface area contributed by atoms with Crippen LogP contribution < -0.4 is 54.0 Å². The molecule has 29 nitrogen and oxygen atoms in total. The van der Waals surface area contributed by atoms with Crippen LogP contribution in [0, 0.1) is 5.92 Å². The Morgan fingerprint density at radius 3 is 1.70 bits per heavy atom. The first-order valence-corrected chi connectivity index (χ1v) is 27.1. The summed E-state index contributed by atoms with van der Waals surface area (Å²) >= 11 is 0. The third kappa shape index (κ3) is 20.4. The maximum atomic E-state index is 14.0. The van der Waals surface area contributed by atoms with Crippen molar-refractivity contribution in [3.05, 3.63) is 71.8 Å². The van der Waals surface area contributed by atoms with Gasteiger partial charge in [0.1, 0.15) is 54.4 Å². The standard InChI is InChI=1S/C54H76N12O17/c1-28(2)43(50(78)57-26-41(70)59-37(27-67)48(76)60-34(19-20-42(71)72)46(74)58-29(3)45(73)62-36(54(82)83)24-32-15-9-6-10-16-32)63-47(75)35(25-40(56)69)61-51(79)44(30(4)68)64-49(77)38-17-11-21-65(38)53(81)39-18-12-22-66(39)52(80)33(55)23-31-13-7-5-8-14-31/h5-10,13-16,28-30,33-39,43-44,67-68H,11-12,17-27,55H2,1-4H3,(H2,56,69)(H,57,78)(H,58,74)(H,59,70)(H,60,76)(H,61,79)(H,62,73)(H,63,75)(H,64,77)(H,71,72)(H,82,83)/t29-,30+,33-,34-,35-,36-,37-,38-,39-,43-,44-/m0/s1. The van der Waals surface area contributed by atoms with E-state index in [0.29, 0.717) is 24.8 Å². The van der Waals surface area contributed by atoms with Crippen LogP contribution in [0.1, 0.15) is 83.8 Å². The summed E-state index contributed by atoms with van der Waals surface area (Å²) in [5.74, 6) is -13.9. The lowest BCUT2D eigenvalue weighted by Crippen LogP contribution is -2.62. The quantitative estimate of drug-likeness (QED) is 0.0337. The van der Waals surface area contributed by atoms with Crippen molar-refractivity contribution in [2.75, 3.05) is 26.2 Å². The fourth-order valence-electron chi connectivity index (χ4n) is 9.32. The number of hydrogen-bond donors (Lipinski definition) is 14. The van der Waals surface area contributed by atoms with Gasteiger partial charge in [-0.3, -0.25) is 57.5 Å². The van der Waals surface area contributed by atoms with Crippen LogP contribution in [0.3, 0.4) is 0 Å². The second kappa shape index (κ2) is 32.2. The van der Waals surface area contributed by atoms with Gasteiger partial charge in [-0.2, -0.15) is 0 Å². The Bertz CT molecular complexity index is 2660. The van der Waals surface area contributed by atoms with Gasteiger partial charge in [-0.25, -0.2) is 4.79 Å². The molecule has 0 unspecified atom stereocenters. The molecule has 83 heavy (non-hydrogen) atoms. The summed E-state index contributed by atoms with van der Waals surface area (Å²) in [7, 11) is 0. The van der Waals surface area contributed by atoms with Crippen molar-refractivity contribution in [1.82, 2.24) is 52.3 Å². The average molecular weight is 1170 g/mol. The monoisotopic (exact) mass is 1160 g/mol. The van der Waals surface area contributed by atoms with E-state index < -0.39 is 182 Å². The molecule has 2 aliphatic heterocycles. The Kier molecular flexibility index (Phi) is 25.9. The summed E-state index contributed by atoms with van der Waals surface area (Å²) in [6.07, 6.45) is -2.14. The number of aliphatic hydroxyl groups excluding tert-OH is 2. The normalized spacial score (nSPS) is 18.0. The van der Waals surface area contributed by atoms with Crippen LogP contribution in [-0.2, 0) is 75.2 Å². The maximum Gasteiger partial charge on any atom is 0.326 e. The number of nitrogens with zero attached hydrogens (tertiary/aromatic N) is 2. The highest BCUT2D eigenvalue weighted by molar-refractivity contribution is 6.00. The number of aliphatic carboxylic acids is 2. The summed E-state index contributed by atoms with van der Waals surface area (Å²) in [5.41, 5.74) is 13.1. The van der Waals surface area contributed by atoms with E-state index in [2.05, 4.69) is 42.5 Å². The number of nitrogens with one attached hydrogen (secondary N) is 8. The molecule has 16 N–H and O–H groups in total. The summed E-state index contributed by atoms with van der Waals surface area (Å²) in [6, 6.07) is 3.19. The number of aliphatic hydroxyl groups is 2. The van der Waals surface area contributed by atoms with E-state index in [9.17, 15) is 82.8 Å². The van der Waals surface area contributed by atoms with E-state index in [0.717, 1.165) is 12.5 Å². The van der Waals surface area contributed by atoms with Crippen LogP contribution in [0.2, 0.25) is 0 Å². The number of primary amides is 1. The van der Waals surface area contributed by atoms with Crippen LogP contribution in [0.25, 0.3) is 0 Å². The van der Waals surface area contributed by atoms with E-state index in [1.165, 1.54) is 30.6 Å². The number of benzene rings is 2. The van der Waals surface area contributed by atoms with Crippen molar-refractivity contribution in [2.45, 2.75) is 152 Å². The predicted octanol–water partition coefficient (Wildman–Crippen LogP) is -4.84. The molecule has 454 valence electrons. The van der Waals surface area contributed by atoms with Gasteiger partial charge in [-0.15, -0.1) is 0 Å². The van der Waals surface area contributed by atoms with E-state index in [1.807, 2.05) is 30.3 Å². The van der Waals surface area contributed by atoms with E-state index in [1.54, 1.807) is 30.3 Å². The molecule has 2 aromatic carbocycles. The highest BCUT2D eigenvalue weighted by Gasteiger charge is 2.44. The highest BCUT2D eigenvalue weighted by atomic mass is 16.4. The van der Waals surface area contributed by atoms with Crippen LogP contribution >= 0.6 is 0 Å². The minimum atomic E-state index is -1.81. The van der Waals surface area contributed by atoms with Crippen molar-refractivity contribution in [1.29, 1.82) is 0 Å². The summed E-state index contributed by atoms with van der Waals surface area (Å²) < 4.78 is 0. The number of carbonyl (C=O) groups is 13. The van der Waals surface area contributed by atoms with Gasteiger partial charge >= 0.3 is 11.9 Å². The molecule has 2 saturated heterocycles. The van der Waals surface area contributed by atoms with E-state index in [4.69, 9.17) is 11.5 Å². The minimum absolute atomic E-state index is 0.0979. The van der Waals surface area contributed by atoms with E-state index in [-0.39, 0.29) is 32.4 Å². The molecule has 11 atom stereocenters. The maximum absolute atomic E-state index is 14.0. The van der Waals surface area contributed by atoms with E-state index >= 15 is 0 Å². The number of hydrogen-bond acceptors (Lipinski definition) is 16. The molecule has 0 bridgehead atoms. The fourth-order valence-corrected chi connectivity index (χ4v) is 9.32. The van der Waals surface area contributed by atoms with Crippen LogP contribution in [-0.4, -0.2) is 200 Å². The smallest absolute Gasteiger partial charge is 0.326 e. The number of carboxylic acid groups (broad SMARTS) is 2. The molecule has 2 aromatic rings. The number of carboxylic acids is 2. The molecule has 11 amide bonds. The molecule has 29 heteroatoms. The van der Waals surface area contributed by atoms with Gasteiger partial charge in [0.2, 0.25) is 65.0 Å². The number of likely N-dealkylation sites (tertiary alicyclic amines) is 2. The molecule has 2 fully saturated rings. The Labute approximate surface area is 478 Å². The number of amides is 11. The molecule has 4 rings (SSSR count). The van der Waals surface area contributed by atoms with Crippen molar-refractivity contribution >= 4 is 76.9 Å². The fraction of sp³-hybridized carbons (Fsp3) is 0.537. The molecule has 0 aliphatic carbocycles. The molecular weight excluding hydrogens is 1090 g/mol. The van der Waals surface area contributed by atoms with Gasteiger partial charge in [0.15, 0.2) is 0 Å². The van der Waals surface area contributed by atoms with Gasteiger partial charge < -0.3 is 84.2 Å². The Balaban J connectivity index is 1.34. The Hall–Kier alpha value is -8.57. The SMILES string of the molecule is CC(C)[C@H](NC(=O)[C@H](CC(N)=O)NC(=O)[C@@H](NC(=O)[C@@H]1CCCN1C(=O)[C@@H]1CCCN1C(=O)[C@@H](N)Cc1ccccc1)[C@@H](C)O)C(=O)NCC(=O)N[C@@H](CO)C(=O)N[C@@H](CCC(=O)O)C(=O)N[C@@H](C)C(=O)N[C@@H](Cc1ccccc1)C(=O)O.